The number of oxazole rings is 1. The van der Waals surface area contributed by atoms with E-state index in [0.717, 1.165) is 60.0 Å². The van der Waals surface area contributed by atoms with Gasteiger partial charge in [0, 0.05) is 17.7 Å². The standard InChI is InChI=1S/C35H32N2O4/c38-31(39)24-40-30-18-10-13-26(22-30)21-29-19-20-37(23-25-11-4-1-5-12-25)33(29)35-36-32(27-14-6-2-7-15-27)34(41-35)28-16-8-3-9-17-28/h1-18,22,29,33H,19-21,23-24H2,(H,38,39). The molecule has 206 valence electrons. The molecular formula is C35H32N2O4. The zero-order chi connectivity index (χ0) is 28.0. The minimum Gasteiger partial charge on any atom is -0.482 e. The molecule has 1 saturated heterocycles. The van der Waals surface area contributed by atoms with Gasteiger partial charge >= 0.3 is 5.97 Å². The summed E-state index contributed by atoms with van der Waals surface area (Å²) in [6.07, 6.45) is 1.78. The minimum absolute atomic E-state index is 0.0290. The van der Waals surface area contributed by atoms with E-state index in [2.05, 4.69) is 59.5 Å². The van der Waals surface area contributed by atoms with Crippen LogP contribution in [-0.2, 0) is 17.8 Å². The van der Waals surface area contributed by atoms with Crippen molar-refractivity contribution in [3.63, 3.8) is 0 Å². The molecule has 6 nitrogen and oxygen atoms in total. The van der Waals surface area contributed by atoms with Crippen LogP contribution in [0.2, 0.25) is 0 Å². The Morgan fingerprint density at radius 2 is 1.51 bits per heavy atom. The molecular weight excluding hydrogens is 512 g/mol. The molecule has 1 aromatic heterocycles. The Labute approximate surface area is 239 Å². The summed E-state index contributed by atoms with van der Waals surface area (Å²) in [5, 5.41) is 9.03. The topological polar surface area (TPSA) is 75.8 Å². The number of hydrogen-bond donors (Lipinski definition) is 1. The molecule has 5 aromatic rings. The van der Waals surface area contributed by atoms with Gasteiger partial charge in [0.2, 0.25) is 5.89 Å². The largest absolute Gasteiger partial charge is 0.482 e. The summed E-state index contributed by atoms with van der Waals surface area (Å²) in [7, 11) is 0. The number of ether oxygens (including phenoxy) is 1. The molecule has 6 heteroatoms. The highest BCUT2D eigenvalue weighted by Gasteiger charge is 2.39. The monoisotopic (exact) mass is 544 g/mol. The first-order chi connectivity index (χ1) is 20.1. The number of likely N-dealkylation sites (tertiary alicyclic amines) is 1. The zero-order valence-electron chi connectivity index (χ0n) is 22.7. The predicted octanol–water partition coefficient (Wildman–Crippen LogP) is 7.28. The minimum atomic E-state index is -0.991. The summed E-state index contributed by atoms with van der Waals surface area (Å²) >= 11 is 0. The fraction of sp³-hybridized carbons (Fsp3) is 0.200. The van der Waals surface area contributed by atoms with E-state index in [1.165, 1.54) is 5.56 Å². The van der Waals surface area contributed by atoms with Crippen LogP contribution in [0.5, 0.6) is 5.75 Å². The first-order valence-corrected chi connectivity index (χ1v) is 14.0. The first-order valence-electron chi connectivity index (χ1n) is 14.0. The van der Waals surface area contributed by atoms with Crippen molar-refractivity contribution in [1.29, 1.82) is 0 Å². The lowest BCUT2D eigenvalue weighted by molar-refractivity contribution is -0.139. The van der Waals surface area contributed by atoms with E-state index < -0.39 is 5.97 Å². The van der Waals surface area contributed by atoms with Crippen LogP contribution in [0.1, 0.15) is 29.5 Å². The lowest BCUT2D eigenvalue weighted by atomic mass is 9.92. The maximum absolute atomic E-state index is 11.0. The molecule has 2 heterocycles. The third kappa shape index (κ3) is 6.23. The molecule has 1 aliphatic heterocycles. The van der Waals surface area contributed by atoms with Gasteiger partial charge in [-0.2, -0.15) is 0 Å². The molecule has 2 unspecified atom stereocenters. The Kier molecular flexibility index (Phi) is 7.92. The summed E-state index contributed by atoms with van der Waals surface area (Å²) in [5.74, 6) is 1.32. The summed E-state index contributed by atoms with van der Waals surface area (Å²) in [4.78, 5) is 18.7. The average Bonchev–Trinajstić information content (AvgIpc) is 3.62. The number of carboxylic acids is 1. The normalized spacial score (nSPS) is 17.0. The van der Waals surface area contributed by atoms with Crippen LogP contribution in [0.25, 0.3) is 22.6 Å². The molecule has 0 spiro atoms. The number of rotatable bonds is 10. The van der Waals surface area contributed by atoms with Crippen LogP contribution >= 0.6 is 0 Å². The average molecular weight is 545 g/mol. The maximum Gasteiger partial charge on any atom is 0.341 e. The van der Waals surface area contributed by atoms with Crippen LogP contribution in [0.15, 0.2) is 120 Å². The second kappa shape index (κ2) is 12.2. The lowest BCUT2D eigenvalue weighted by Crippen LogP contribution is -2.26. The van der Waals surface area contributed by atoms with Crippen molar-refractivity contribution in [2.75, 3.05) is 13.2 Å². The Hall–Kier alpha value is -4.68. The molecule has 0 aliphatic carbocycles. The van der Waals surface area contributed by atoms with Crippen LogP contribution in [0, 0.1) is 5.92 Å². The number of hydrogen-bond acceptors (Lipinski definition) is 5. The van der Waals surface area contributed by atoms with Crippen molar-refractivity contribution in [3.05, 3.63) is 132 Å². The van der Waals surface area contributed by atoms with E-state index in [9.17, 15) is 4.79 Å². The Morgan fingerprint density at radius 3 is 2.22 bits per heavy atom. The number of benzene rings is 4. The van der Waals surface area contributed by atoms with E-state index in [-0.39, 0.29) is 18.6 Å². The number of carboxylic acid groups (broad SMARTS) is 1. The van der Waals surface area contributed by atoms with Crippen molar-refractivity contribution in [2.24, 2.45) is 5.92 Å². The van der Waals surface area contributed by atoms with E-state index in [1.54, 1.807) is 6.07 Å². The lowest BCUT2D eigenvalue weighted by Gasteiger charge is -2.26. The number of nitrogens with zero attached hydrogens (tertiary/aromatic N) is 2. The molecule has 2 atom stereocenters. The van der Waals surface area contributed by atoms with E-state index in [4.69, 9.17) is 19.2 Å². The molecule has 0 radical (unpaired) electrons. The van der Waals surface area contributed by atoms with Crippen molar-refractivity contribution in [2.45, 2.75) is 25.4 Å². The molecule has 1 fully saturated rings. The number of aromatic nitrogens is 1. The summed E-state index contributed by atoms with van der Waals surface area (Å²) in [6, 6.07) is 38.6. The summed E-state index contributed by atoms with van der Waals surface area (Å²) in [6.45, 7) is 1.36. The van der Waals surface area contributed by atoms with Gasteiger partial charge in [-0.1, -0.05) is 103 Å². The van der Waals surface area contributed by atoms with Gasteiger partial charge < -0.3 is 14.3 Å². The second-order valence-corrected chi connectivity index (χ2v) is 10.4. The van der Waals surface area contributed by atoms with Gasteiger partial charge in [0.15, 0.2) is 12.4 Å². The predicted molar refractivity (Wildman–Crippen MR) is 158 cm³/mol. The fourth-order valence-corrected chi connectivity index (χ4v) is 5.74. The number of aliphatic carboxylic acids is 1. The van der Waals surface area contributed by atoms with Gasteiger partial charge in [-0.25, -0.2) is 9.78 Å². The molecule has 6 rings (SSSR count). The SMILES string of the molecule is O=C(O)COc1cccc(CC2CCN(Cc3ccccc3)C2c2nc(-c3ccccc3)c(-c3ccccc3)o2)c1. The molecule has 0 bridgehead atoms. The summed E-state index contributed by atoms with van der Waals surface area (Å²) in [5.41, 5.74) is 5.22. The highest BCUT2D eigenvalue weighted by molar-refractivity contribution is 5.76. The van der Waals surface area contributed by atoms with Crippen LogP contribution in [0.3, 0.4) is 0 Å². The van der Waals surface area contributed by atoms with Gasteiger partial charge in [-0.15, -0.1) is 0 Å². The van der Waals surface area contributed by atoms with Gasteiger partial charge in [0.25, 0.3) is 0 Å². The molecule has 41 heavy (non-hydrogen) atoms. The quantitative estimate of drug-likeness (QED) is 0.199. The fourth-order valence-electron chi connectivity index (χ4n) is 5.74. The van der Waals surface area contributed by atoms with Crippen molar-refractivity contribution in [3.8, 4) is 28.3 Å². The Morgan fingerprint density at radius 1 is 0.854 bits per heavy atom. The zero-order valence-corrected chi connectivity index (χ0v) is 22.7. The third-order valence-electron chi connectivity index (χ3n) is 7.59. The Bertz CT molecular complexity index is 1530. The number of carbonyl (C=O) groups is 1. The molecule has 1 N–H and O–H groups in total. The summed E-state index contributed by atoms with van der Waals surface area (Å²) < 4.78 is 12.2. The van der Waals surface area contributed by atoms with E-state index in [0.29, 0.717) is 5.75 Å². The van der Waals surface area contributed by atoms with Crippen LogP contribution in [-0.4, -0.2) is 34.1 Å². The third-order valence-corrected chi connectivity index (χ3v) is 7.59. The first kappa shape index (κ1) is 26.5. The van der Waals surface area contributed by atoms with Gasteiger partial charge in [0.05, 0.1) is 6.04 Å². The van der Waals surface area contributed by atoms with Crippen molar-refractivity contribution in [1.82, 2.24) is 9.88 Å². The van der Waals surface area contributed by atoms with Crippen molar-refractivity contribution >= 4 is 5.97 Å². The highest BCUT2D eigenvalue weighted by atomic mass is 16.5. The van der Waals surface area contributed by atoms with Gasteiger partial charge in [0.1, 0.15) is 11.4 Å². The van der Waals surface area contributed by atoms with Gasteiger partial charge in [-0.3, -0.25) is 4.90 Å². The van der Waals surface area contributed by atoms with Gasteiger partial charge in [-0.05, 0) is 48.6 Å². The maximum atomic E-state index is 11.0. The highest BCUT2D eigenvalue weighted by Crippen LogP contribution is 2.43. The Balaban J connectivity index is 1.37. The molecule has 0 amide bonds. The van der Waals surface area contributed by atoms with Crippen LogP contribution in [0.4, 0.5) is 0 Å². The molecule has 4 aromatic carbocycles. The molecule has 0 saturated carbocycles. The second-order valence-electron chi connectivity index (χ2n) is 10.4. The van der Waals surface area contributed by atoms with E-state index >= 15 is 0 Å². The van der Waals surface area contributed by atoms with E-state index in [1.807, 2.05) is 54.6 Å². The van der Waals surface area contributed by atoms with Crippen LogP contribution < -0.4 is 4.74 Å². The smallest absolute Gasteiger partial charge is 0.341 e. The molecule has 1 aliphatic rings. The van der Waals surface area contributed by atoms with Crippen molar-refractivity contribution < 1.29 is 19.1 Å².